The van der Waals surface area contributed by atoms with Gasteiger partial charge in [-0.2, -0.15) is 0 Å². The van der Waals surface area contributed by atoms with Gasteiger partial charge in [0.15, 0.2) is 0 Å². The van der Waals surface area contributed by atoms with Gasteiger partial charge in [-0.25, -0.2) is 9.37 Å². The Kier molecular flexibility index (Phi) is 5.51. The molecular formula is C18H16BrClFN3O. The fourth-order valence-corrected chi connectivity index (χ4v) is 3.26. The maximum atomic E-state index is 13.2. The number of hydrogen-bond acceptors (Lipinski definition) is 3. The molecular weight excluding hydrogens is 409 g/mol. The minimum absolute atomic E-state index is 0.185. The Bertz CT molecular complexity index is 976. The summed E-state index contributed by atoms with van der Waals surface area (Å²) in [6.07, 6.45) is 0. The first-order chi connectivity index (χ1) is 12.0. The molecule has 0 bridgehead atoms. The van der Waals surface area contributed by atoms with Crippen molar-refractivity contribution >= 4 is 38.4 Å². The van der Waals surface area contributed by atoms with Crippen LogP contribution in [0.4, 0.5) is 4.39 Å². The molecule has 25 heavy (non-hydrogen) atoms. The maximum Gasteiger partial charge on any atom is 0.258 e. The van der Waals surface area contributed by atoms with Gasteiger partial charge >= 0.3 is 0 Å². The molecule has 0 saturated carbocycles. The molecule has 1 aromatic heterocycles. The van der Waals surface area contributed by atoms with Gasteiger partial charge in [0.1, 0.15) is 11.6 Å². The molecule has 0 radical (unpaired) electrons. The standard InChI is InChI=1S/C18H16BrClFN3O/c1-2-24(9-11-3-5-13(21)8-15(11)19)10-17-22-16-7-12(20)4-6-14(16)18(25)23-17/h3-8H,2,9-10H2,1H3,(H,22,23,25). The Morgan fingerprint density at radius 3 is 2.76 bits per heavy atom. The number of rotatable bonds is 5. The number of hydrogen-bond donors (Lipinski definition) is 1. The Morgan fingerprint density at radius 1 is 1.24 bits per heavy atom. The van der Waals surface area contributed by atoms with Crippen LogP contribution in [-0.2, 0) is 13.1 Å². The predicted molar refractivity (Wildman–Crippen MR) is 101 cm³/mol. The van der Waals surface area contributed by atoms with Crippen molar-refractivity contribution < 1.29 is 4.39 Å². The molecule has 0 atom stereocenters. The van der Waals surface area contributed by atoms with Crippen LogP contribution < -0.4 is 5.56 Å². The fourth-order valence-electron chi connectivity index (χ4n) is 2.62. The molecule has 3 aromatic rings. The summed E-state index contributed by atoms with van der Waals surface area (Å²) in [4.78, 5) is 21.7. The molecule has 0 saturated heterocycles. The van der Waals surface area contributed by atoms with Gasteiger partial charge in [-0.05, 0) is 42.4 Å². The lowest BCUT2D eigenvalue weighted by Crippen LogP contribution is -2.25. The van der Waals surface area contributed by atoms with Crippen molar-refractivity contribution in [1.29, 1.82) is 0 Å². The summed E-state index contributed by atoms with van der Waals surface area (Å²) in [5.41, 5.74) is 1.36. The smallest absolute Gasteiger partial charge is 0.258 e. The largest absolute Gasteiger partial charge is 0.309 e. The second kappa shape index (κ2) is 7.64. The number of fused-ring (bicyclic) bond motifs is 1. The Balaban J connectivity index is 1.86. The highest BCUT2D eigenvalue weighted by atomic mass is 79.9. The van der Waals surface area contributed by atoms with Gasteiger partial charge in [0, 0.05) is 16.0 Å². The molecule has 130 valence electrons. The lowest BCUT2D eigenvalue weighted by molar-refractivity contribution is 0.264. The van der Waals surface area contributed by atoms with Crippen molar-refractivity contribution in [2.45, 2.75) is 20.0 Å². The molecule has 3 rings (SSSR count). The average molecular weight is 425 g/mol. The molecule has 0 fully saturated rings. The summed E-state index contributed by atoms with van der Waals surface area (Å²) in [5.74, 6) is 0.288. The summed E-state index contributed by atoms with van der Waals surface area (Å²) in [6, 6.07) is 9.65. The lowest BCUT2D eigenvalue weighted by Gasteiger charge is -2.20. The van der Waals surface area contributed by atoms with Crippen molar-refractivity contribution in [2.75, 3.05) is 6.54 Å². The van der Waals surface area contributed by atoms with Crippen LogP contribution in [0.2, 0.25) is 5.02 Å². The summed E-state index contributed by atoms with van der Waals surface area (Å²) < 4.78 is 14.0. The maximum absolute atomic E-state index is 13.2. The lowest BCUT2D eigenvalue weighted by atomic mass is 10.2. The predicted octanol–water partition coefficient (Wildman–Crippen LogP) is 4.50. The number of halogens is 3. The Morgan fingerprint density at radius 2 is 2.04 bits per heavy atom. The van der Waals surface area contributed by atoms with Gasteiger partial charge in [0.25, 0.3) is 5.56 Å². The third-order valence-electron chi connectivity index (χ3n) is 3.95. The van der Waals surface area contributed by atoms with E-state index in [1.807, 2.05) is 6.92 Å². The fraction of sp³-hybridized carbons (Fsp3) is 0.222. The summed E-state index contributed by atoms with van der Waals surface area (Å²) >= 11 is 9.38. The van der Waals surface area contributed by atoms with Gasteiger partial charge < -0.3 is 4.98 Å². The molecule has 4 nitrogen and oxygen atoms in total. The number of nitrogens with zero attached hydrogens (tertiary/aromatic N) is 2. The number of aromatic amines is 1. The van der Waals surface area contributed by atoms with Crippen LogP contribution in [-0.4, -0.2) is 21.4 Å². The van der Waals surface area contributed by atoms with Gasteiger partial charge in [-0.1, -0.05) is 40.5 Å². The second-order valence-corrected chi connectivity index (χ2v) is 7.00. The first-order valence-electron chi connectivity index (χ1n) is 7.81. The molecule has 0 aliphatic carbocycles. The van der Waals surface area contributed by atoms with E-state index in [1.165, 1.54) is 12.1 Å². The van der Waals surface area contributed by atoms with Gasteiger partial charge in [-0.15, -0.1) is 0 Å². The van der Waals surface area contributed by atoms with E-state index in [1.54, 1.807) is 24.3 Å². The van der Waals surface area contributed by atoms with E-state index < -0.39 is 0 Å². The number of H-pyrrole nitrogens is 1. The van der Waals surface area contributed by atoms with Crippen LogP contribution in [0.1, 0.15) is 18.3 Å². The summed E-state index contributed by atoms with van der Waals surface area (Å²) in [5, 5.41) is 1.05. The number of aromatic nitrogens is 2. The minimum atomic E-state index is -0.281. The highest BCUT2D eigenvalue weighted by molar-refractivity contribution is 9.10. The van der Waals surface area contributed by atoms with Crippen LogP contribution >= 0.6 is 27.5 Å². The van der Waals surface area contributed by atoms with Crippen molar-refractivity contribution in [3.63, 3.8) is 0 Å². The third-order valence-corrected chi connectivity index (χ3v) is 4.92. The molecule has 7 heteroatoms. The van der Waals surface area contributed by atoms with Crippen LogP contribution in [0, 0.1) is 5.82 Å². The van der Waals surface area contributed by atoms with E-state index in [0.717, 1.165) is 16.6 Å². The molecule has 1 heterocycles. The number of benzene rings is 2. The molecule has 0 spiro atoms. The van der Waals surface area contributed by atoms with Crippen LogP contribution in [0.25, 0.3) is 10.9 Å². The van der Waals surface area contributed by atoms with E-state index in [2.05, 4.69) is 30.8 Å². The van der Waals surface area contributed by atoms with E-state index >= 15 is 0 Å². The zero-order valence-electron chi connectivity index (χ0n) is 13.5. The third kappa shape index (κ3) is 4.26. The van der Waals surface area contributed by atoms with Crippen molar-refractivity contribution in [2.24, 2.45) is 0 Å². The number of nitrogens with one attached hydrogen (secondary N) is 1. The molecule has 0 unspecified atom stereocenters. The summed E-state index contributed by atoms with van der Waals surface area (Å²) in [7, 11) is 0. The van der Waals surface area contributed by atoms with Crippen LogP contribution in [0.3, 0.4) is 0 Å². The van der Waals surface area contributed by atoms with Crippen LogP contribution in [0.15, 0.2) is 45.7 Å². The highest BCUT2D eigenvalue weighted by Gasteiger charge is 2.11. The summed E-state index contributed by atoms with van der Waals surface area (Å²) in [6.45, 7) is 3.85. The SMILES string of the molecule is CCN(Cc1nc2cc(Cl)ccc2c(=O)[nH]1)Cc1ccc(F)cc1Br. The Labute approximate surface area is 157 Å². The van der Waals surface area contributed by atoms with Crippen molar-refractivity contribution in [3.05, 3.63) is 73.5 Å². The molecule has 0 aliphatic heterocycles. The molecule has 0 aliphatic rings. The van der Waals surface area contributed by atoms with Crippen molar-refractivity contribution in [1.82, 2.24) is 14.9 Å². The van der Waals surface area contributed by atoms with Crippen molar-refractivity contribution in [3.8, 4) is 0 Å². The van der Waals surface area contributed by atoms with Crippen LogP contribution in [0.5, 0.6) is 0 Å². The molecule has 2 aromatic carbocycles. The first kappa shape index (κ1) is 18.0. The molecule has 0 amide bonds. The van der Waals surface area contributed by atoms with E-state index in [9.17, 15) is 9.18 Å². The quantitative estimate of drug-likeness (QED) is 0.656. The topological polar surface area (TPSA) is 49.0 Å². The van der Waals surface area contributed by atoms with E-state index in [0.29, 0.717) is 34.8 Å². The Hall–Kier alpha value is -1.76. The highest BCUT2D eigenvalue weighted by Crippen LogP contribution is 2.20. The van der Waals surface area contributed by atoms with Gasteiger partial charge in [0.05, 0.1) is 17.4 Å². The van der Waals surface area contributed by atoms with Gasteiger partial charge in [-0.3, -0.25) is 9.69 Å². The zero-order valence-corrected chi connectivity index (χ0v) is 15.9. The normalized spacial score (nSPS) is 11.4. The zero-order chi connectivity index (χ0) is 18.0. The van der Waals surface area contributed by atoms with E-state index in [-0.39, 0.29) is 11.4 Å². The molecule has 1 N–H and O–H groups in total. The minimum Gasteiger partial charge on any atom is -0.309 e. The van der Waals surface area contributed by atoms with E-state index in [4.69, 9.17) is 11.6 Å². The second-order valence-electron chi connectivity index (χ2n) is 5.71. The first-order valence-corrected chi connectivity index (χ1v) is 8.98. The average Bonchev–Trinajstić information content (AvgIpc) is 2.56. The monoisotopic (exact) mass is 423 g/mol. The van der Waals surface area contributed by atoms with Gasteiger partial charge in [0.2, 0.25) is 0 Å².